The number of imidazole rings is 1. The van der Waals surface area contributed by atoms with E-state index >= 15 is 0 Å². The van der Waals surface area contributed by atoms with Crippen molar-refractivity contribution in [3.8, 4) is 22.6 Å². The van der Waals surface area contributed by atoms with E-state index in [1.165, 1.54) is 30.0 Å². The maximum atomic E-state index is 14.3. The third kappa shape index (κ3) is 4.90. The molecule has 0 bridgehead atoms. The molecular weight excluding hydrogens is 480 g/mol. The number of aromatic amines is 1. The molecule has 0 spiro atoms. The van der Waals surface area contributed by atoms with E-state index < -0.39 is 39.0 Å². The van der Waals surface area contributed by atoms with Crippen molar-refractivity contribution in [3.05, 3.63) is 76.3 Å². The fourth-order valence-corrected chi connectivity index (χ4v) is 4.90. The summed E-state index contributed by atoms with van der Waals surface area (Å²) >= 11 is 0. The van der Waals surface area contributed by atoms with Gasteiger partial charge in [-0.3, -0.25) is 4.57 Å². The number of hydrogen-bond donors (Lipinski definition) is 1. The van der Waals surface area contributed by atoms with Crippen LogP contribution in [0.3, 0.4) is 0 Å². The summed E-state index contributed by atoms with van der Waals surface area (Å²) in [5.41, 5.74) is 0.0452. The number of pyridine rings is 1. The number of halogens is 2. The van der Waals surface area contributed by atoms with E-state index in [4.69, 9.17) is 9.47 Å². The average molecular weight is 504 g/mol. The summed E-state index contributed by atoms with van der Waals surface area (Å²) in [6, 6.07) is 8.83. The Hall–Kier alpha value is -3.73. The number of nitrogens with one attached hydrogen (secondary N) is 1. The molecule has 4 aromatic rings. The number of hydrogen-bond acceptors (Lipinski definition) is 6. The highest BCUT2D eigenvalue weighted by Gasteiger charge is 2.26. The lowest BCUT2D eigenvalue weighted by molar-refractivity contribution is 0.310. The SMILES string of the molecule is CCOc1cc([C@H](CS(C)(=O)=O)n2c(=O)[nH]c3cc(-c4c(F)cccc4F)cnc32)ccc1OC. The lowest BCUT2D eigenvalue weighted by Crippen LogP contribution is -2.28. The zero-order valence-electron chi connectivity index (χ0n) is 19.2. The number of aromatic nitrogens is 3. The van der Waals surface area contributed by atoms with Crippen molar-refractivity contribution >= 4 is 21.0 Å². The zero-order valence-corrected chi connectivity index (χ0v) is 20.0. The van der Waals surface area contributed by atoms with Gasteiger partial charge in [-0.05, 0) is 42.8 Å². The molecule has 1 atom stereocenters. The molecule has 2 aromatic heterocycles. The normalized spacial score (nSPS) is 12.6. The topological polar surface area (TPSA) is 103 Å². The Morgan fingerprint density at radius 2 is 1.83 bits per heavy atom. The fourth-order valence-electron chi connectivity index (χ4n) is 3.99. The molecule has 35 heavy (non-hydrogen) atoms. The Balaban J connectivity index is 1.90. The largest absolute Gasteiger partial charge is 0.493 e. The number of benzene rings is 2. The van der Waals surface area contributed by atoms with Gasteiger partial charge in [-0.25, -0.2) is 27.0 Å². The van der Waals surface area contributed by atoms with Crippen LogP contribution in [0.4, 0.5) is 8.78 Å². The van der Waals surface area contributed by atoms with Gasteiger partial charge in [-0.2, -0.15) is 0 Å². The second kappa shape index (κ2) is 9.49. The third-order valence-corrected chi connectivity index (χ3v) is 6.37. The molecule has 0 fully saturated rings. The first-order valence-electron chi connectivity index (χ1n) is 10.7. The minimum Gasteiger partial charge on any atom is -0.493 e. The van der Waals surface area contributed by atoms with E-state index in [2.05, 4.69) is 9.97 Å². The fraction of sp³-hybridized carbons (Fsp3) is 0.250. The Morgan fingerprint density at radius 3 is 2.46 bits per heavy atom. The van der Waals surface area contributed by atoms with Gasteiger partial charge in [0.2, 0.25) is 0 Å². The van der Waals surface area contributed by atoms with Gasteiger partial charge < -0.3 is 14.5 Å². The van der Waals surface area contributed by atoms with Crippen LogP contribution in [0.5, 0.6) is 11.5 Å². The predicted molar refractivity (Wildman–Crippen MR) is 128 cm³/mol. The van der Waals surface area contributed by atoms with Crippen molar-refractivity contribution in [2.24, 2.45) is 0 Å². The summed E-state index contributed by atoms with van der Waals surface area (Å²) in [5, 5.41) is 0. The quantitative estimate of drug-likeness (QED) is 0.393. The van der Waals surface area contributed by atoms with Gasteiger partial charge in [0.1, 0.15) is 21.5 Å². The van der Waals surface area contributed by atoms with Crippen molar-refractivity contribution in [3.63, 3.8) is 0 Å². The van der Waals surface area contributed by atoms with Crippen LogP contribution in [-0.4, -0.2) is 48.7 Å². The van der Waals surface area contributed by atoms with Crippen LogP contribution in [0.1, 0.15) is 18.5 Å². The molecule has 0 saturated carbocycles. The van der Waals surface area contributed by atoms with E-state index in [1.807, 2.05) is 0 Å². The monoisotopic (exact) mass is 503 g/mol. The molecule has 11 heteroatoms. The van der Waals surface area contributed by atoms with Crippen LogP contribution in [0.15, 0.2) is 53.5 Å². The van der Waals surface area contributed by atoms with Crippen LogP contribution in [0.25, 0.3) is 22.3 Å². The lowest BCUT2D eigenvalue weighted by atomic mass is 10.1. The van der Waals surface area contributed by atoms with Gasteiger partial charge in [0.25, 0.3) is 0 Å². The van der Waals surface area contributed by atoms with Gasteiger partial charge in [0.05, 0.1) is 36.6 Å². The summed E-state index contributed by atoms with van der Waals surface area (Å²) in [6.45, 7) is 2.14. The first-order valence-corrected chi connectivity index (χ1v) is 12.7. The number of rotatable bonds is 8. The maximum Gasteiger partial charge on any atom is 0.328 e. The Bertz CT molecular complexity index is 1540. The van der Waals surface area contributed by atoms with Crippen molar-refractivity contribution < 1.29 is 26.7 Å². The van der Waals surface area contributed by atoms with E-state index in [9.17, 15) is 22.0 Å². The molecule has 0 radical (unpaired) electrons. The smallest absolute Gasteiger partial charge is 0.328 e. The van der Waals surface area contributed by atoms with Gasteiger partial charge in [0.15, 0.2) is 17.1 Å². The maximum absolute atomic E-state index is 14.3. The number of fused-ring (bicyclic) bond motifs is 1. The van der Waals surface area contributed by atoms with Gasteiger partial charge in [-0.1, -0.05) is 12.1 Å². The summed E-state index contributed by atoms with van der Waals surface area (Å²) < 4.78 is 65.3. The van der Waals surface area contributed by atoms with Gasteiger partial charge in [0, 0.05) is 18.0 Å². The van der Waals surface area contributed by atoms with Gasteiger partial charge >= 0.3 is 5.69 Å². The number of sulfone groups is 1. The average Bonchev–Trinajstić information content (AvgIpc) is 3.12. The van der Waals surface area contributed by atoms with E-state index in [0.29, 0.717) is 23.7 Å². The van der Waals surface area contributed by atoms with Crippen molar-refractivity contribution in [1.29, 1.82) is 0 Å². The minimum absolute atomic E-state index is 0.129. The second-order valence-corrected chi connectivity index (χ2v) is 10.1. The number of nitrogens with zero attached hydrogens (tertiary/aromatic N) is 2. The predicted octanol–water partition coefficient (Wildman–Crippen LogP) is 3.71. The van der Waals surface area contributed by atoms with E-state index in [-0.39, 0.29) is 22.3 Å². The summed E-state index contributed by atoms with van der Waals surface area (Å²) in [5.74, 6) is -1.10. The molecule has 0 saturated heterocycles. The lowest BCUT2D eigenvalue weighted by Gasteiger charge is -2.20. The van der Waals surface area contributed by atoms with E-state index in [0.717, 1.165) is 18.4 Å². The molecule has 8 nitrogen and oxygen atoms in total. The van der Waals surface area contributed by atoms with E-state index in [1.54, 1.807) is 25.1 Å². The van der Waals surface area contributed by atoms with Gasteiger partial charge in [-0.15, -0.1) is 0 Å². The Morgan fingerprint density at radius 1 is 1.11 bits per heavy atom. The molecule has 0 amide bonds. The number of ether oxygens (including phenoxy) is 2. The molecule has 1 N–H and O–H groups in total. The minimum atomic E-state index is -3.56. The molecule has 184 valence electrons. The van der Waals surface area contributed by atoms with Crippen LogP contribution in [-0.2, 0) is 9.84 Å². The van der Waals surface area contributed by atoms with Crippen LogP contribution >= 0.6 is 0 Å². The van der Waals surface area contributed by atoms with Crippen molar-refractivity contribution in [1.82, 2.24) is 14.5 Å². The summed E-state index contributed by atoms with van der Waals surface area (Å²) in [4.78, 5) is 19.9. The summed E-state index contributed by atoms with van der Waals surface area (Å²) in [6.07, 6.45) is 2.31. The molecule has 0 aliphatic heterocycles. The first kappa shape index (κ1) is 24.4. The van der Waals surface area contributed by atoms with Crippen LogP contribution in [0, 0.1) is 11.6 Å². The highest BCUT2D eigenvalue weighted by Crippen LogP contribution is 2.33. The molecule has 0 aliphatic carbocycles. The highest BCUT2D eigenvalue weighted by molar-refractivity contribution is 7.90. The molecule has 0 unspecified atom stereocenters. The molecule has 2 aromatic carbocycles. The molecule has 2 heterocycles. The highest BCUT2D eigenvalue weighted by atomic mass is 32.2. The third-order valence-electron chi connectivity index (χ3n) is 5.45. The number of H-pyrrole nitrogens is 1. The summed E-state index contributed by atoms with van der Waals surface area (Å²) in [7, 11) is -2.08. The molecular formula is C24H23F2N3O5S. The zero-order chi connectivity index (χ0) is 25.3. The van der Waals surface area contributed by atoms with Crippen LogP contribution in [0.2, 0.25) is 0 Å². The van der Waals surface area contributed by atoms with Crippen molar-refractivity contribution in [2.45, 2.75) is 13.0 Å². The van der Waals surface area contributed by atoms with Crippen LogP contribution < -0.4 is 15.2 Å². The first-order chi connectivity index (χ1) is 16.6. The van der Waals surface area contributed by atoms with Crippen molar-refractivity contribution in [2.75, 3.05) is 25.7 Å². The Kier molecular flexibility index (Phi) is 6.62. The molecule has 0 aliphatic rings. The molecule has 4 rings (SSSR count). The number of methoxy groups -OCH3 is 1. The Labute approximate surface area is 200 Å². The standard InChI is InChI=1S/C24H23F2N3O5S/c1-4-34-21-11-14(8-9-20(21)33-2)19(13-35(3,31)32)29-23-18(28-24(29)30)10-15(12-27-23)22-16(25)6-5-7-17(22)26/h5-12,19H,4,13H2,1-3H3,(H,28,30)/t19-/m0/s1. The second-order valence-electron chi connectivity index (χ2n) is 7.94.